The van der Waals surface area contributed by atoms with Crippen LogP contribution < -0.4 is 15.1 Å². The number of amides is 1. The molecule has 0 atom stereocenters. The molecule has 1 fully saturated rings. The fourth-order valence-corrected chi connectivity index (χ4v) is 3.11. The number of para-hydroxylation sites is 2. The van der Waals surface area contributed by atoms with E-state index < -0.39 is 0 Å². The van der Waals surface area contributed by atoms with Crippen molar-refractivity contribution < 1.29 is 9.90 Å². The summed E-state index contributed by atoms with van der Waals surface area (Å²) in [6.07, 6.45) is 1.41. The molecule has 0 radical (unpaired) electrons. The number of aliphatic hydroxyl groups excluding tert-OH is 1. The molecule has 5 heteroatoms. The molecule has 132 valence electrons. The fourth-order valence-electron chi connectivity index (χ4n) is 3.11. The highest BCUT2D eigenvalue weighted by molar-refractivity contribution is 6.06. The third-order valence-corrected chi connectivity index (χ3v) is 4.59. The Hall–Kier alpha value is -2.53. The quantitative estimate of drug-likeness (QED) is 0.899. The summed E-state index contributed by atoms with van der Waals surface area (Å²) in [5, 5.41) is 12.6. The van der Waals surface area contributed by atoms with Gasteiger partial charge in [0.1, 0.15) is 0 Å². The smallest absolute Gasteiger partial charge is 0.255 e. The van der Waals surface area contributed by atoms with Gasteiger partial charge in [0.05, 0.1) is 17.5 Å². The molecule has 3 rings (SSSR count). The van der Waals surface area contributed by atoms with Gasteiger partial charge in [0.15, 0.2) is 0 Å². The summed E-state index contributed by atoms with van der Waals surface area (Å²) in [6.45, 7) is 1.70. The van der Waals surface area contributed by atoms with Gasteiger partial charge in [-0.3, -0.25) is 4.79 Å². The normalized spacial score (nSPS) is 15.1. The van der Waals surface area contributed by atoms with Crippen LogP contribution in [0, 0.1) is 0 Å². The first-order valence-electron chi connectivity index (χ1n) is 8.65. The Bertz CT molecular complexity index is 720. The van der Waals surface area contributed by atoms with Crippen molar-refractivity contribution in [2.75, 3.05) is 42.3 Å². The zero-order valence-electron chi connectivity index (χ0n) is 14.8. The number of anilines is 3. The lowest BCUT2D eigenvalue weighted by atomic mass is 10.1. The summed E-state index contributed by atoms with van der Waals surface area (Å²) in [5.74, 6) is -0.116. The number of benzene rings is 2. The maximum Gasteiger partial charge on any atom is 0.255 e. The highest BCUT2D eigenvalue weighted by atomic mass is 16.3. The number of piperidine rings is 1. The van der Waals surface area contributed by atoms with E-state index in [1.807, 2.05) is 67.5 Å². The Morgan fingerprint density at radius 3 is 2.36 bits per heavy atom. The molecule has 2 aromatic carbocycles. The summed E-state index contributed by atoms with van der Waals surface area (Å²) in [7, 11) is 3.91. The van der Waals surface area contributed by atoms with Gasteiger partial charge in [-0.25, -0.2) is 0 Å². The average Bonchev–Trinajstić information content (AvgIpc) is 2.63. The predicted molar refractivity (Wildman–Crippen MR) is 103 cm³/mol. The van der Waals surface area contributed by atoms with Crippen molar-refractivity contribution in [1.29, 1.82) is 0 Å². The number of carbonyl (C=O) groups is 1. The van der Waals surface area contributed by atoms with Gasteiger partial charge in [-0.15, -0.1) is 0 Å². The van der Waals surface area contributed by atoms with Gasteiger partial charge in [-0.1, -0.05) is 12.1 Å². The largest absolute Gasteiger partial charge is 0.393 e. The number of hydrogen-bond donors (Lipinski definition) is 2. The Morgan fingerprint density at radius 2 is 1.72 bits per heavy atom. The third-order valence-electron chi connectivity index (χ3n) is 4.59. The number of carbonyl (C=O) groups excluding carboxylic acids is 1. The van der Waals surface area contributed by atoms with Crippen LogP contribution >= 0.6 is 0 Å². The number of rotatable bonds is 4. The van der Waals surface area contributed by atoms with E-state index in [1.54, 1.807) is 0 Å². The van der Waals surface area contributed by atoms with E-state index in [-0.39, 0.29) is 12.0 Å². The van der Waals surface area contributed by atoms with Crippen LogP contribution in [0.5, 0.6) is 0 Å². The molecule has 1 saturated heterocycles. The molecule has 1 aliphatic rings. The topological polar surface area (TPSA) is 55.8 Å². The minimum atomic E-state index is -0.182. The van der Waals surface area contributed by atoms with Gasteiger partial charge in [-0.05, 0) is 49.2 Å². The van der Waals surface area contributed by atoms with Crippen molar-refractivity contribution >= 4 is 23.0 Å². The molecule has 1 heterocycles. The molecule has 0 spiro atoms. The van der Waals surface area contributed by atoms with Crippen molar-refractivity contribution in [1.82, 2.24) is 0 Å². The second-order valence-electron chi connectivity index (χ2n) is 6.63. The Morgan fingerprint density at radius 1 is 1.08 bits per heavy atom. The van der Waals surface area contributed by atoms with Crippen LogP contribution in [0.1, 0.15) is 23.2 Å². The minimum Gasteiger partial charge on any atom is -0.393 e. The molecular formula is C20H25N3O2. The summed E-state index contributed by atoms with van der Waals surface area (Å²) in [6, 6.07) is 15.4. The van der Waals surface area contributed by atoms with Crippen LogP contribution in [-0.4, -0.2) is 44.3 Å². The highest BCUT2D eigenvalue weighted by Crippen LogP contribution is 2.25. The van der Waals surface area contributed by atoms with Crippen molar-refractivity contribution in [2.45, 2.75) is 18.9 Å². The summed E-state index contributed by atoms with van der Waals surface area (Å²) in [4.78, 5) is 16.8. The van der Waals surface area contributed by atoms with E-state index in [4.69, 9.17) is 0 Å². The van der Waals surface area contributed by atoms with Crippen LogP contribution in [0.2, 0.25) is 0 Å². The first-order chi connectivity index (χ1) is 12.0. The Kier molecular flexibility index (Phi) is 5.24. The van der Waals surface area contributed by atoms with Gasteiger partial charge in [0, 0.05) is 38.4 Å². The molecule has 5 nitrogen and oxygen atoms in total. The minimum absolute atomic E-state index is 0.116. The molecule has 0 unspecified atom stereocenters. The molecule has 25 heavy (non-hydrogen) atoms. The zero-order valence-corrected chi connectivity index (χ0v) is 14.8. The van der Waals surface area contributed by atoms with Crippen LogP contribution in [0.15, 0.2) is 48.5 Å². The van der Waals surface area contributed by atoms with Crippen LogP contribution in [0.4, 0.5) is 17.1 Å². The van der Waals surface area contributed by atoms with Gasteiger partial charge < -0.3 is 20.2 Å². The van der Waals surface area contributed by atoms with Crippen molar-refractivity contribution in [3.8, 4) is 0 Å². The molecule has 0 aromatic heterocycles. The molecule has 0 bridgehead atoms. The molecule has 1 aliphatic heterocycles. The van der Waals surface area contributed by atoms with Crippen molar-refractivity contribution in [2.24, 2.45) is 0 Å². The first-order valence-corrected chi connectivity index (χ1v) is 8.65. The Balaban J connectivity index is 1.69. The van der Waals surface area contributed by atoms with E-state index in [0.717, 1.165) is 43.0 Å². The second kappa shape index (κ2) is 7.57. The maximum absolute atomic E-state index is 12.5. The number of nitrogens with zero attached hydrogens (tertiary/aromatic N) is 2. The average molecular weight is 339 g/mol. The monoisotopic (exact) mass is 339 g/mol. The van der Waals surface area contributed by atoms with Crippen LogP contribution in [0.3, 0.4) is 0 Å². The molecule has 0 saturated carbocycles. The lowest BCUT2D eigenvalue weighted by Gasteiger charge is -2.31. The fraction of sp³-hybridized carbons (Fsp3) is 0.350. The molecular weight excluding hydrogens is 314 g/mol. The van der Waals surface area contributed by atoms with Gasteiger partial charge in [-0.2, -0.15) is 0 Å². The molecule has 2 N–H and O–H groups in total. The van der Waals surface area contributed by atoms with Crippen molar-refractivity contribution in [3.05, 3.63) is 54.1 Å². The molecule has 2 aromatic rings. The lowest BCUT2D eigenvalue weighted by Crippen LogP contribution is -2.35. The SMILES string of the molecule is CN(C)c1ccccc1NC(=O)c1ccc(N2CCC(O)CC2)cc1. The summed E-state index contributed by atoms with van der Waals surface area (Å²) in [5.41, 5.74) is 3.50. The highest BCUT2D eigenvalue weighted by Gasteiger charge is 2.17. The van der Waals surface area contributed by atoms with Crippen molar-refractivity contribution in [3.63, 3.8) is 0 Å². The summed E-state index contributed by atoms with van der Waals surface area (Å²) >= 11 is 0. The van der Waals surface area contributed by atoms with E-state index >= 15 is 0 Å². The van der Waals surface area contributed by atoms with E-state index in [1.165, 1.54) is 0 Å². The lowest BCUT2D eigenvalue weighted by molar-refractivity contribution is 0.102. The zero-order chi connectivity index (χ0) is 17.8. The van der Waals surface area contributed by atoms with Gasteiger partial charge in [0.25, 0.3) is 5.91 Å². The number of aliphatic hydroxyl groups is 1. The molecule has 1 amide bonds. The predicted octanol–water partition coefficient (Wildman–Crippen LogP) is 2.97. The van der Waals surface area contributed by atoms with Crippen LogP contribution in [0.25, 0.3) is 0 Å². The Labute approximate surface area is 148 Å². The standard InChI is InChI=1S/C20H25N3O2/c1-22(2)19-6-4-3-5-18(19)21-20(25)15-7-9-16(10-8-15)23-13-11-17(24)12-14-23/h3-10,17,24H,11-14H2,1-2H3,(H,21,25). The van der Waals surface area contributed by atoms with E-state index in [2.05, 4.69) is 10.2 Å². The molecule has 0 aliphatic carbocycles. The number of hydrogen-bond acceptors (Lipinski definition) is 4. The van der Waals surface area contributed by atoms with Gasteiger partial charge >= 0.3 is 0 Å². The third kappa shape index (κ3) is 4.12. The van der Waals surface area contributed by atoms with Gasteiger partial charge in [0.2, 0.25) is 0 Å². The summed E-state index contributed by atoms with van der Waals surface area (Å²) < 4.78 is 0. The van der Waals surface area contributed by atoms with E-state index in [0.29, 0.717) is 5.56 Å². The van der Waals surface area contributed by atoms with E-state index in [9.17, 15) is 9.90 Å². The first kappa shape index (κ1) is 17.3. The number of nitrogens with one attached hydrogen (secondary N) is 1. The van der Waals surface area contributed by atoms with Crippen LogP contribution in [-0.2, 0) is 0 Å². The second-order valence-corrected chi connectivity index (χ2v) is 6.63. The maximum atomic E-state index is 12.5.